The van der Waals surface area contributed by atoms with Crippen LogP contribution >= 0.6 is 0 Å². The van der Waals surface area contributed by atoms with Gasteiger partial charge in [-0.1, -0.05) is 188 Å². The number of rotatable bonds is 4. The second-order valence-electron chi connectivity index (χ2n) is 15.1. The maximum Gasteiger partial charge on any atom is 0.164 e. The summed E-state index contributed by atoms with van der Waals surface area (Å²) in [5, 5.41) is 4.58. The lowest BCUT2D eigenvalue weighted by molar-refractivity contribution is 0.796. The zero-order valence-electron chi connectivity index (χ0n) is 30.9. The van der Waals surface area contributed by atoms with E-state index in [-0.39, 0.29) is 0 Å². The van der Waals surface area contributed by atoms with E-state index in [1.165, 1.54) is 61.0 Å². The standard InChI is InChI=1S/C54H33N3/c1-2-16-35(17-3-1)51-55-52(37-30-29-34-15-4-5-18-36(34)33-37)57-53(56-51)46-32-31-40(38-19-6-7-20-39(38)46)44-24-14-25-45-43-23-10-13-28-49(43)54(50(44)45)47-26-11-8-21-41(47)42-22-9-12-27-48(42)54/h1-33H. The molecule has 0 atom stereocenters. The van der Waals surface area contributed by atoms with E-state index < -0.39 is 5.41 Å². The molecule has 2 aliphatic rings. The second-order valence-corrected chi connectivity index (χ2v) is 15.1. The Hall–Kier alpha value is -7.49. The van der Waals surface area contributed by atoms with Gasteiger partial charge in [-0.15, -0.1) is 0 Å². The van der Waals surface area contributed by atoms with Crippen molar-refractivity contribution in [2.75, 3.05) is 0 Å². The van der Waals surface area contributed by atoms with Crippen LogP contribution in [0.2, 0.25) is 0 Å². The van der Waals surface area contributed by atoms with Crippen LogP contribution in [0.3, 0.4) is 0 Å². The Kier molecular flexibility index (Phi) is 6.84. The largest absolute Gasteiger partial charge is 0.208 e. The van der Waals surface area contributed by atoms with Crippen LogP contribution in [0.15, 0.2) is 200 Å². The molecule has 0 bridgehead atoms. The van der Waals surface area contributed by atoms with Crippen molar-refractivity contribution in [3.8, 4) is 67.5 Å². The highest BCUT2D eigenvalue weighted by molar-refractivity contribution is 6.07. The molecule has 57 heavy (non-hydrogen) atoms. The minimum Gasteiger partial charge on any atom is -0.208 e. The minimum atomic E-state index is -0.455. The molecule has 264 valence electrons. The van der Waals surface area contributed by atoms with Gasteiger partial charge in [0.15, 0.2) is 17.5 Å². The van der Waals surface area contributed by atoms with Gasteiger partial charge < -0.3 is 0 Å². The van der Waals surface area contributed by atoms with Crippen LogP contribution in [-0.4, -0.2) is 15.0 Å². The van der Waals surface area contributed by atoms with Gasteiger partial charge in [0.1, 0.15) is 0 Å². The van der Waals surface area contributed by atoms with Crippen molar-refractivity contribution in [3.05, 3.63) is 222 Å². The van der Waals surface area contributed by atoms with Crippen LogP contribution in [0.1, 0.15) is 22.3 Å². The van der Waals surface area contributed by atoms with Gasteiger partial charge in [-0.25, -0.2) is 15.0 Å². The highest BCUT2D eigenvalue weighted by atomic mass is 15.0. The lowest BCUT2D eigenvalue weighted by Gasteiger charge is -2.32. The van der Waals surface area contributed by atoms with E-state index in [9.17, 15) is 0 Å². The molecular weight excluding hydrogens is 691 g/mol. The highest BCUT2D eigenvalue weighted by Gasteiger charge is 2.52. The summed E-state index contributed by atoms with van der Waals surface area (Å²) in [5.74, 6) is 1.95. The van der Waals surface area contributed by atoms with Crippen molar-refractivity contribution in [3.63, 3.8) is 0 Å². The molecule has 0 amide bonds. The maximum atomic E-state index is 5.23. The molecule has 0 saturated heterocycles. The molecule has 3 nitrogen and oxygen atoms in total. The molecule has 3 heteroatoms. The summed E-state index contributed by atoms with van der Waals surface area (Å²) in [4.78, 5) is 15.5. The van der Waals surface area contributed by atoms with E-state index in [1.54, 1.807) is 0 Å². The predicted molar refractivity (Wildman–Crippen MR) is 233 cm³/mol. The van der Waals surface area contributed by atoms with Crippen molar-refractivity contribution >= 4 is 21.5 Å². The van der Waals surface area contributed by atoms with Crippen LogP contribution in [-0.2, 0) is 5.41 Å². The molecule has 1 spiro atoms. The average molecular weight is 724 g/mol. The van der Waals surface area contributed by atoms with Gasteiger partial charge in [-0.3, -0.25) is 0 Å². The van der Waals surface area contributed by atoms with E-state index >= 15 is 0 Å². The summed E-state index contributed by atoms with van der Waals surface area (Å²) in [6.45, 7) is 0. The van der Waals surface area contributed by atoms with Crippen molar-refractivity contribution in [2.45, 2.75) is 5.41 Å². The zero-order valence-corrected chi connectivity index (χ0v) is 30.9. The van der Waals surface area contributed by atoms with Crippen LogP contribution in [0.5, 0.6) is 0 Å². The number of aromatic nitrogens is 3. The van der Waals surface area contributed by atoms with Gasteiger partial charge in [0.2, 0.25) is 0 Å². The van der Waals surface area contributed by atoms with Crippen LogP contribution in [0.4, 0.5) is 0 Å². The molecule has 9 aromatic carbocycles. The summed E-state index contributed by atoms with van der Waals surface area (Å²) >= 11 is 0. The second kappa shape index (κ2) is 12.3. The number of benzene rings is 9. The van der Waals surface area contributed by atoms with Crippen molar-refractivity contribution in [2.24, 2.45) is 0 Å². The molecule has 0 saturated carbocycles. The molecule has 2 aliphatic carbocycles. The van der Waals surface area contributed by atoms with Gasteiger partial charge in [-0.05, 0) is 89.3 Å². The molecule has 10 aromatic rings. The molecule has 0 N–H and O–H groups in total. The first-order valence-electron chi connectivity index (χ1n) is 19.5. The Balaban J connectivity index is 1.10. The van der Waals surface area contributed by atoms with Crippen molar-refractivity contribution < 1.29 is 0 Å². The molecule has 0 radical (unpaired) electrons. The summed E-state index contributed by atoms with van der Waals surface area (Å²) in [6, 6.07) is 72.2. The first-order chi connectivity index (χ1) is 28.3. The Labute approximate surface area is 330 Å². The molecular formula is C54H33N3. The fourth-order valence-electron chi connectivity index (χ4n) is 9.78. The fraction of sp³-hybridized carbons (Fsp3) is 0.0185. The van der Waals surface area contributed by atoms with Gasteiger partial charge >= 0.3 is 0 Å². The van der Waals surface area contributed by atoms with E-state index in [2.05, 4.69) is 182 Å². The van der Waals surface area contributed by atoms with Gasteiger partial charge in [0.05, 0.1) is 5.41 Å². The number of nitrogens with zero attached hydrogens (tertiary/aromatic N) is 3. The topological polar surface area (TPSA) is 38.7 Å². The average Bonchev–Trinajstić information content (AvgIpc) is 3.76. The van der Waals surface area contributed by atoms with E-state index in [4.69, 9.17) is 15.0 Å². The number of hydrogen-bond acceptors (Lipinski definition) is 3. The molecule has 1 heterocycles. The predicted octanol–water partition coefficient (Wildman–Crippen LogP) is 13.2. The van der Waals surface area contributed by atoms with Crippen molar-refractivity contribution in [1.29, 1.82) is 0 Å². The van der Waals surface area contributed by atoms with Crippen LogP contribution < -0.4 is 0 Å². The summed E-state index contributed by atoms with van der Waals surface area (Å²) in [7, 11) is 0. The Morgan fingerprint density at radius 2 is 0.754 bits per heavy atom. The number of fused-ring (bicyclic) bond motifs is 12. The van der Waals surface area contributed by atoms with E-state index in [1.807, 2.05) is 18.2 Å². The fourth-order valence-corrected chi connectivity index (χ4v) is 9.78. The summed E-state index contributed by atoms with van der Waals surface area (Å²) in [6.07, 6.45) is 0. The van der Waals surface area contributed by atoms with Crippen molar-refractivity contribution in [1.82, 2.24) is 15.0 Å². The SMILES string of the molecule is c1ccc(-c2nc(-c3ccc4ccccc4c3)nc(-c3ccc(-c4cccc5c4C4(c6ccccc6-c6ccccc64)c4ccccc4-5)c4ccccc34)n2)cc1. The zero-order chi connectivity index (χ0) is 37.5. The molecule has 0 unspecified atom stereocenters. The Morgan fingerprint density at radius 1 is 0.281 bits per heavy atom. The van der Waals surface area contributed by atoms with E-state index in [0.29, 0.717) is 17.5 Å². The first kappa shape index (κ1) is 31.8. The third-order valence-electron chi connectivity index (χ3n) is 12.1. The third kappa shape index (κ3) is 4.57. The quantitative estimate of drug-likeness (QED) is 0.181. The Morgan fingerprint density at radius 3 is 1.44 bits per heavy atom. The molecule has 0 aliphatic heterocycles. The maximum absolute atomic E-state index is 5.23. The third-order valence-corrected chi connectivity index (χ3v) is 12.1. The lowest BCUT2D eigenvalue weighted by Crippen LogP contribution is -2.26. The molecule has 0 fully saturated rings. The summed E-state index contributed by atoms with van der Waals surface area (Å²) in [5.41, 5.74) is 15.4. The van der Waals surface area contributed by atoms with Gasteiger partial charge in [-0.2, -0.15) is 0 Å². The molecule has 12 rings (SSSR count). The molecule has 1 aromatic heterocycles. The normalized spacial score (nSPS) is 13.1. The van der Waals surface area contributed by atoms with Crippen LogP contribution in [0, 0.1) is 0 Å². The smallest absolute Gasteiger partial charge is 0.164 e. The monoisotopic (exact) mass is 723 g/mol. The number of hydrogen-bond donors (Lipinski definition) is 0. The van der Waals surface area contributed by atoms with Gasteiger partial charge in [0, 0.05) is 16.7 Å². The Bertz CT molecular complexity index is 3190. The van der Waals surface area contributed by atoms with Gasteiger partial charge in [0.25, 0.3) is 0 Å². The van der Waals surface area contributed by atoms with Crippen LogP contribution in [0.25, 0.3) is 89.1 Å². The lowest BCUT2D eigenvalue weighted by atomic mass is 9.68. The first-order valence-corrected chi connectivity index (χ1v) is 19.5. The highest BCUT2D eigenvalue weighted by Crippen LogP contribution is 2.64. The summed E-state index contributed by atoms with van der Waals surface area (Å²) < 4.78 is 0. The van der Waals surface area contributed by atoms with E-state index in [0.717, 1.165) is 32.8 Å². The minimum absolute atomic E-state index is 0.455.